The maximum Gasteiger partial charge on any atom is 0.271 e. The number of aromatic nitrogens is 1. The molecule has 0 radical (unpaired) electrons. The number of carbonyl (C=O) groups excluding carboxylic acids is 2. The van der Waals surface area contributed by atoms with E-state index < -0.39 is 11.9 Å². The Kier molecular flexibility index (Phi) is 6.18. The van der Waals surface area contributed by atoms with E-state index in [2.05, 4.69) is 26.5 Å². The molecule has 28 heavy (non-hydrogen) atoms. The molecule has 3 aromatic rings. The van der Waals surface area contributed by atoms with E-state index in [1.165, 1.54) is 6.21 Å². The number of nitrogens with zero attached hydrogens (tertiary/aromatic N) is 2. The van der Waals surface area contributed by atoms with Crippen LogP contribution in [0.15, 0.2) is 76.3 Å². The first-order chi connectivity index (χ1) is 13.5. The van der Waals surface area contributed by atoms with Crippen molar-refractivity contribution >= 4 is 33.8 Å². The SMILES string of the molecule is Cn1c(/C=N/NC(=O)c2ccc(Br)cc2)ccc1C(=O)C(O)c1ccccc1. The molecule has 2 aromatic carbocycles. The van der Waals surface area contributed by atoms with Crippen LogP contribution in [0.25, 0.3) is 0 Å². The number of hydrogen-bond donors (Lipinski definition) is 2. The fourth-order valence-corrected chi connectivity index (χ4v) is 2.92. The Balaban J connectivity index is 1.69. The zero-order valence-electron chi connectivity index (χ0n) is 15.0. The van der Waals surface area contributed by atoms with Gasteiger partial charge in [0.2, 0.25) is 5.78 Å². The molecule has 0 saturated carbocycles. The Morgan fingerprint density at radius 3 is 2.43 bits per heavy atom. The van der Waals surface area contributed by atoms with Crippen LogP contribution in [0.1, 0.15) is 38.2 Å². The number of nitrogens with one attached hydrogen (secondary N) is 1. The molecule has 7 heteroatoms. The van der Waals surface area contributed by atoms with Crippen LogP contribution in [-0.4, -0.2) is 27.6 Å². The van der Waals surface area contributed by atoms with Gasteiger partial charge in [0, 0.05) is 17.1 Å². The Morgan fingerprint density at radius 1 is 1.07 bits per heavy atom. The minimum atomic E-state index is -1.24. The molecule has 1 atom stereocenters. The molecular formula is C21H18BrN3O3. The highest BCUT2D eigenvalue weighted by atomic mass is 79.9. The summed E-state index contributed by atoms with van der Waals surface area (Å²) in [7, 11) is 1.70. The van der Waals surface area contributed by atoms with E-state index in [4.69, 9.17) is 0 Å². The highest BCUT2D eigenvalue weighted by Gasteiger charge is 2.22. The van der Waals surface area contributed by atoms with Crippen LogP contribution >= 0.6 is 15.9 Å². The summed E-state index contributed by atoms with van der Waals surface area (Å²) >= 11 is 3.32. The molecule has 1 amide bonds. The lowest BCUT2D eigenvalue weighted by atomic mass is 10.0. The molecule has 0 bridgehead atoms. The minimum absolute atomic E-state index is 0.339. The molecular weight excluding hydrogens is 422 g/mol. The van der Waals surface area contributed by atoms with Gasteiger partial charge in [0.05, 0.1) is 17.6 Å². The highest BCUT2D eigenvalue weighted by Crippen LogP contribution is 2.19. The highest BCUT2D eigenvalue weighted by molar-refractivity contribution is 9.10. The summed E-state index contributed by atoms with van der Waals surface area (Å²) in [5.41, 5.74) is 4.42. The van der Waals surface area contributed by atoms with Gasteiger partial charge >= 0.3 is 0 Å². The number of aliphatic hydroxyl groups is 1. The topological polar surface area (TPSA) is 83.7 Å². The van der Waals surface area contributed by atoms with Crippen molar-refractivity contribution in [1.82, 2.24) is 9.99 Å². The summed E-state index contributed by atoms with van der Waals surface area (Å²) < 4.78 is 2.50. The molecule has 3 rings (SSSR count). The largest absolute Gasteiger partial charge is 0.380 e. The van der Waals surface area contributed by atoms with Crippen molar-refractivity contribution in [1.29, 1.82) is 0 Å². The monoisotopic (exact) mass is 439 g/mol. The van der Waals surface area contributed by atoms with E-state index in [0.717, 1.165) is 4.47 Å². The third-order valence-electron chi connectivity index (χ3n) is 4.25. The lowest BCUT2D eigenvalue weighted by molar-refractivity contribution is 0.0738. The van der Waals surface area contributed by atoms with Crippen LogP contribution in [0.4, 0.5) is 0 Å². The van der Waals surface area contributed by atoms with E-state index in [0.29, 0.717) is 22.5 Å². The van der Waals surface area contributed by atoms with Gasteiger partial charge in [-0.05, 0) is 42.0 Å². The number of ketones is 1. The Labute approximate surface area is 170 Å². The third kappa shape index (κ3) is 4.44. The molecule has 0 aliphatic carbocycles. The zero-order valence-corrected chi connectivity index (χ0v) is 16.6. The van der Waals surface area contributed by atoms with Crippen molar-refractivity contribution in [2.75, 3.05) is 0 Å². The van der Waals surface area contributed by atoms with Gasteiger partial charge < -0.3 is 9.67 Å². The van der Waals surface area contributed by atoms with Gasteiger partial charge in [0.15, 0.2) is 0 Å². The Morgan fingerprint density at radius 2 is 1.75 bits per heavy atom. The first-order valence-corrected chi connectivity index (χ1v) is 9.28. The van der Waals surface area contributed by atoms with Crippen molar-refractivity contribution in [2.24, 2.45) is 12.1 Å². The summed E-state index contributed by atoms with van der Waals surface area (Å²) in [6.45, 7) is 0. The summed E-state index contributed by atoms with van der Waals surface area (Å²) in [6.07, 6.45) is 0.208. The molecule has 1 heterocycles. The number of rotatable bonds is 6. The standard InChI is InChI=1S/C21H18BrN3O3/c1-25-17(13-23-24-21(28)15-7-9-16(22)10-8-15)11-12-18(25)20(27)19(26)14-5-3-2-4-6-14/h2-13,19,26H,1H3,(H,24,28)/b23-13+. The molecule has 2 N–H and O–H groups in total. The van der Waals surface area contributed by atoms with Crippen LogP contribution in [0.2, 0.25) is 0 Å². The van der Waals surface area contributed by atoms with Crippen molar-refractivity contribution in [3.8, 4) is 0 Å². The van der Waals surface area contributed by atoms with Gasteiger partial charge in [-0.15, -0.1) is 0 Å². The van der Waals surface area contributed by atoms with Crippen LogP contribution in [0, 0.1) is 0 Å². The third-order valence-corrected chi connectivity index (χ3v) is 4.77. The van der Waals surface area contributed by atoms with Gasteiger partial charge in [0.1, 0.15) is 6.10 Å². The fraction of sp³-hybridized carbons (Fsp3) is 0.0952. The summed E-state index contributed by atoms with van der Waals surface area (Å²) in [5.74, 6) is -0.749. The number of halogens is 1. The number of amides is 1. The molecule has 1 unspecified atom stereocenters. The van der Waals surface area contributed by atoms with Gasteiger partial charge in [-0.2, -0.15) is 5.10 Å². The molecule has 6 nitrogen and oxygen atoms in total. The van der Waals surface area contributed by atoms with E-state index in [-0.39, 0.29) is 5.91 Å². The van der Waals surface area contributed by atoms with Crippen molar-refractivity contribution < 1.29 is 14.7 Å². The van der Waals surface area contributed by atoms with E-state index >= 15 is 0 Å². The quantitative estimate of drug-likeness (QED) is 0.350. The van der Waals surface area contributed by atoms with Crippen LogP contribution < -0.4 is 5.43 Å². The number of carbonyl (C=O) groups is 2. The second-order valence-electron chi connectivity index (χ2n) is 6.09. The van der Waals surface area contributed by atoms with E-state index in [1.54, 1.807) is 72.3 Å². The van der Waals surface area contributed by atoms with Gasteiger partial charge in [-0.3, -0.25) is 9.59 Å². The maximum absolute atomic E-state index is 12.6. The summed E-state index contributed by atoms with van der Waals surface area (Å²) in [5, 5.41) is 14.3. The van der Waals surface area contributed by atoms with Crippen molar-refractivity contribution in [2.45, 2.75) is 6.10 Å². The Hall–Kier alpha value is -3.03. The molecule has 142 valence electrons. The molecule has 1 aromatic heterocycles. The van der Waals surface area contributed by atoms with Crippen LogP contribution in [0.5, 0.6) is 0 Å². The van der Waals surface area contributed by atoms with Gasteiger partial charge in [-0.25, -0.2) is 5.43 Å². The van der Waals surface area contributed by atoms with E-state index in [9.17, 15) is 14.7 Å². The maximum atomic E-state index is 12.6. The second kappa shape index (κ2) is 8.77. The fourth-order valence-electron chi connectivity index (χ4n) is 2.65. The van der Waals surface area contributed by atoms with Gasteiger partial charge in [-0.1, -0.05) is 46.3 Å². The number of hydrazone groups is 1. The lowest BCUT2D eigenvalue weighted by Gasteiger charge is -2.11. The average molecular weight is 440 g/mol. The van der Waals surface area contributed by atoms with Crippen molar-refractivity contribution in [3.63, 3.8) is 0 Å². The summed E-state index contributed by atoms with van der Waals surface area (Å²) in [4.78, 5) is 24.6. The van der Waals surface area contributed by atoms with Crippen molar-refractivity contribution in [3.05, 3.63) is 93.7 Å². The molecule has 0 saturated heterocycles. The summed E-state index contributed by atoms with van der Waals surface area (Å²) in [6, 6.07) is 19.0. The predicted octanol–water partition coefficient (Wildman–Crippen LogP) is 3.47. The van der Waals surface area contributed by atoms with Crippen LogP contribution in [-0.2, 0) is 7.05 Å². The number of hydrogen-bond acceptors (Lipinski definition) is 4. The molecule has 0 spiro atoms. The number of Topliss-reactive ketones (excluding diaryl/α,β-unsaturated/α-hetero) is 1. The first kappa shape index (κ1) is 19.7. The number of aliphatic hydroxyl groups excluding tert-OH is 1. The smallest absolute Gasteiger partial charge is 0.271 e. The minimum Gasteiger partial charge on any atom is -0.380 e. The number of benzene rings is 2. The molecule has 0 fully saturated rings. The molecule has 0 aliphatic rings. The van der Waals surface area contributed by atoms with Gasteiger partial charge in [0.25, 0.3) is 5.91 Å². The second-order valence-corrected chi connectivity index (χ2v) is 7.00. The normalized spacial score (nSPS) is 12.1. The lowest BCUT2D eigenvalue weighted by Crippen LogP contribution is -2.18. The zero-order chi connectivity index (χ0) is 20.1. The predicted molar refractivity (Wildman–Crippen MR) is 110 cm³/mol. The average Bonchev–Trinajstić information content (AvgIpc) is 3.08. The van der Waals surface area contributed by atoms with Crippen LogP contribution in [0.3, 0.4) is 0 Å². The molecule has 0 aliphatic heterocycles. The van der Waals surface area contributed by atoms with E-state index in [1.807, 2.05) is 6.07 Å². The Bertz CT molecular complexity index is 1010. The first-order valence-electron chi connectivity index (χ1n) is 8.49.